The van der Waals surface area contributed by atoms with Crippen LogP contribution in [0.25, 0.3) is 0 Å². The van der Waals surface area contributed by atoms with E-state index >= 15 is 0 Å². The highest BCUT2D eigenvalue weighted by Crippen LogP contribution is 2.41. The number of hydrogen-bond donors (Lipinski definition) is 1. The third-order valence-electron chi connectivity index (χ3n) is 3.93. The fraction of sp³-hybridized carbons (Fsp3) is 0.571. The van der Waals surface area contributed by atoms with Crippen molar-refractivity contribution in [2.45, 2.75) is 46.1 Å². The third-order valence-corrected chi connectivity index (χ3v) is 3.93. The standard InChI is InChI=1S/C14H23N.ClH/c1-4-14(5-2,6-3)13(15)12-10-8-7-9-11-12;/h7-11,13H,4-6,15H2,1-3H3;1H. The van der Waals surface area contributed by atoms with Crippen molar-refractivity contribution >= 4 is 12.4 Å². The number of nitrogens with two attached hydrogens (primary N) is 1. The van der Waals surface area contributed by atoms with Crippen molar-refractivity contribution in [1.29, 1.82) is 0 Å². The Bertz CT molecular complexity index is 272. The molecule has 0 bridgehead atoms. The zero-order valence-corrected chi connectivity index (χ0v) is 11.4. The summed E-state index contributed by atoms with van der Waals surface area (Å²) in [4.78, 5) is 0. The van der Waals surface area contributed by atoms with Gasteiger partial charge in [0, 0.05) is 6.04 Å². The van der Waals surface area contributed by atoms with Gasteiger partial charge in [-0.15, -0.1) is 12.4 Å². The van der Waals surface area contributed by atoms with E-state index in [1.54, 1.807) is 0 Å². The highest BCUT2D eigenvalue weighted by molar-refractivity contribution is 5.85. The lowest BCUT2D eigenvalue weighted by Gasteiger charge is -2.37. The molecule has 2 N–H and O–H groups in total. The summed E-state index contributed by atoms with van der Waals surface area (Å²) >= 11 is 0. The summed E-state index contributed by atoms with van der Waals surface area (Å²) in [7, 11) is 0. The van der Waals surface area contributed by atoms with Gasteiger partial charge in [-0.3, -0.25) is 0 Å². The van der Waals surface area contributed by atoms with E-state index in [4.69, 9.17) is 5.73 Å². The third kappa shape index (κ3) is 2.99. The van der Waals surface area contributed by atoms with Crippen LogP contribution < -0.4 is 5.73 Å². The molecule has 0 saturated carbocycles. The van der Waals surface area contributed by atoms with Crippen LogP contribution in [0.4, 0.5) is 0 Å². The van der Waals surface area contributed by atoms with Gasteiger partial charge in [-0.1, -0.05) is 51.1 Å². The van der Waals surface area contributed by atoms with E-state index in [0.717, 1.165) is 19.3 Å². The van der Waals surface area contributed by atoms with Gasteiger partial charge in [0.2, 0.25) is 0 Å². The van der Waals surface area contributed by atoms with Crippen molar-refractivity contribution < 1.29 is 0 Å². The molecule has 0 fully saturated rings. The lowest BCUT2D eigenvalue weighted by Crippen LogP contribution is -2.33. The summed E-state index contributed by atoms with van der Waals surface area (Å²) in [6.45, 7) is 6.74. The van der Waals surface area contributed by atoms with E-state index < -0.39 is 0 Å². The second-order valence-electron chi connectivity index (χ2n) is 4.31. The van der Waals surface area contributed by atoms with Crippen molar-refractivity contribution in [1.82, 2.24) is 0 Å². The Morgan fingerprint density at radius 2 is 1.44 bits per heavy atom. The predicted molar refractivity (Wildman–Crippen MR) is 73.9 cm³/mol. The van der Waals surface area contributed by atoms with Gasteiger partial charge in [0.1, 0.15) is 0 Å². The number of benzene rings is 1. The summed E-state index contributed by atoms with van der Waals surface area (Å²) in [6.07, 6.45) is 3.45. The molecule has 1 aromatic rings. The maximum absolute atomic E-state index is 6.41. The molecule has 1 rings (SSSR count). The van der Waals surface area contributed by atoms with Gasteiger partial charge < -0.3 is 5.73 Å². The number of halogens is 1. The summed E-state index contributed by atoms with van der Waals surface area (Å²) in [5.74, 6) is 0. The van der Waals surface area contributed by atoms with Crippen LogP contribution in [0.3, 0.4) is 0 Å². The Balaban J connectivity index is 0.00000225. The largest absolute Gasteiger partial charge is 0.323 e. The maximum atomic E-state index is 6.41. The molecule has 0 radical (unpaired) electrons. The summed E-state index contributed by atoms with van der Waals surface area (Å²) in [6, 6.07) is 10.6. The van der Waals surface area contributed by atoms with Gasteiger partial charge in [0.15, 0.2) is 0 Å². The molecule has 0 aromatic heterocycles. The Morgan fingerprint density at radius 3 is 1.81 bits per heavy atom. The van der Waals surface area contributed by atoms with E-state index in [1.807, 2.05) is 6.07 Å². The van der Waals surface area contributed by atoms with Gasteiger partial charge in [0.25, 0.3) is 0 Å². The Morgan fingerprint density at radius 1 is 1.00 bits per heavy atom. The van der Waals surface area contributed by atoms with Gasteiger partial charge in [0.05, 0.1) is 0 Å². The first-order valence-corrected chi connectivity index (χ1v) is 6.00. The number of rotatable bonds is 5. The molecule has 0 saturated heterocycles. The first-order chi connectivity index (χ1) is 7.20. The topological polar surface area (TPSA) is 26.0 Å². The van der Waals surface area contributed by atoms with Crippen LogP contribution in [0.2, 0.25) is 0 Å². The molecule has 0 aliphatic carbocycles. The summed E-state index contributed by atoms with van der Waals surface area (Å²) in [5, 5.41) is 0. The molecule has 0 aliphatic rings. The van der Waals surface area contributed by atoms with Crippen molar-refractivity contribution in [2.75, 3.05) is 0 Å². The van der Waals surface area contributed by atoms with Crippen LogP contribution in [0, 0.1) is 5.41 Å². The lowest BCUT2D eigenvalue weighted by molar-refractivity contribution is 0.194. The van der Waals surface area contributed by atoms with Crippen molar-refractivity contribution in [3.05, 3.63) is 35.9 Å². The van der Waals surface area contributed by atoms with E-state index in [9.17, 15) is 0 Å². The highest BCUT2D eigenvalue weighted by atomic mass is 35.5. The minimum Gasteiger partial charge on any atom is -0.323 e. The molecule has 1 nitrogen and oxygen atoms in total. The van der Waals surface area contributed by atoms with E-state index in [0.29, 0.717) is 0 Å². The van der Waals surface area contributed by atoms with Crippen LogP contribution in [0.15, 0.2) is 30.3 Å². The van der Waals surface area contributed by atoms with Crippen LogP contribution in [-0.4, -0.2) is 0 Å². The average Bonchev–Trinajstić information content (AvgIpc) is 2.33. The SMILES string of the molecule is CCC(CC)(CC)C(N)c1ccccc1.Cl. The molecule has 16 heavy (non-hydrogen) atoms. The first kappa shape index (κ1) is 15.5. The van der Waals surface area contributed by atoms with Gasteiger partial charge in [-0.2, -0.15) is 0 Å². The Labute approximate surface area is 106 Å². The molecular weight excluding hydrogens is 218 g/mol. The molecule has 1 atom stereocenters. The van der Waals surface area contributed by atoms with Crippen LogP contribution >= 0.6 is 12.4 Å². The van der Waals surface area contributed by atoms with Crippen molar-refractivity contribution in [3.8, 4) is 0 Å². The van der Waals surface area contributed by atoms with Gasteiger partial charge in [-0.05, 0) is 30.2 Å². The first-order valence-electron chi connectivity index (χ1n) is 6.00. The van der Waals surface area contributed by atoms with Gasteiger partial charge >= 0.3 is 0 Å². The zero-order valence-electron chi connectivity index (χ0n) is 10.6. The maximum Gasteiger partial charge on any atom is 0.0351 e. The number of hydrogen-bond acceptors (Lipinski definition) is 1. The molecule has 2 heteroatoms. The molecule has 0 amide bonds. The van der Waals surface area contributed by atoms with Crippen molar-refractivity contribution in [2.24, 2.45) is 11.1 Å². The summed E-state index contributed by atoms with van der Waals surface area (Å²) < 4.78 is 0. The molecule has 0 heterocycles. The van der Waals surface area contributed by atoms with Crippen molar-refractivity contribution in [3.63, 3.8) is 0 Å². The Hall–Kier alpha value is -0.530. The minimum atomic E-state index is 0. The fourth-order valence-corrected chi connectivity index (χ4v) is 2.42. The molecule has 0 aliphatic heterocycles. The zero-order chi connectivity index (χ0) is 11.3. The molecular formula is C14H24ClN. The molecule has 0 spiro atoms. The van der Waals surface area contributed by atoms with Crippen LogP contribution in [0.5, 0.6) is 0 Å². The normalized spacial score (nSPS) is 13.0. The lowest BCUT2D eigenvalue weighted by atomic mass is 9.71. The smallest absolute Gasteiger partial charge is 0.0351 e. The summed E-state index contributed by atoms with van der Waals surface area (Å²) in [5.41, 5.74) is 7.94. The minimum absolute atomic E-state index is 0. The monoisotopic (exact) mass is 241 g/mol. The second kappa shape index (κ2) is 6.93. The average molecular weight is 242 g/mol. The fourth-order valence-electron chi connectivity index (χ4n) is 2.42. The Kier molecular flexibility index (Phi) is 6.70. The second-order valence-corrected chi connectivity index (χ2v) is 4.31. The van der Waals surface area contributed by atoms with Gasteiger partial charge in [-0.25, -0.2) is 0 Å². The quantitative estimate of drug-likeness (QED) is 0.816. The molecule has 1 unspecified atom stereocenters. The molecule has 92 valence electrons. The predicted octanol–water partition coefficient (Wildman–Crippen LogP) is 4.32. The van der Waals surface area contributed by atoms with E-state index in [2.05, 4.69) is 45.0 Å². The highest BCUT2D eigenvalue weighted by Gasteiger charge is 2.32. The van der Waals surface area contributed by atoms with E-state index in [1.165, 1.54) is 5.56 Å². The van der Waals surface area contributed by atoms with Crippen LogP contribution in [-0.2, 0) is 0 Å². The molecule has 1 aromatic carbocycles. The van der Waals surface area contributed by atoms with Crippen LogP contribution in [0.1, 0.15) is 51.6 Å². The van der Waals surface area contributed by atoms with E-state index in [-0.39, 0.29) is 23.9 Å².